The van der Waals surface area contributed by atoms with Crippen molar-refractivity contribution in [3.63, 3.8) is 0 Å². The van der Waals surface area contributed by atoms with Gasteiger partial charge in [0.15, 0.2) is 0 Å². The lowest BCUT2D eigenvalue weighted by Gasteiger charge is -2.00. The standard InChI is InChI=1S/C13H28B/c1-3-5-7-9-11-13-14-12-10-8-6-4-2/h3-13H2,1-2H3. The van der Waals surface area contributed by atoms with E-state index in [-0.39, 0.29) is 0 Å². The summed E-state index contributed by atoms with van der Waals surface area (Å²) in [6.07, 6.45) is 15.4. The van der Waals surface area contributed by atoms with Crippen LogP contribution in [-0.4, -0.2) is 7.28 Å². The van der Waals surface area contributed by atoms with Gasteiger partial charge >= 0.3 is 0 Å². The van der Waals surface area contributed by atoms with Crippen molar-refractivity contribution in [2.24, 2.45) is 0 Å². The third-order valence-electron chi connectivity index (χ3n) is 2.77. The van der Waals surface area contributed by atoms with Gasteiger partial charge in [0.2, 0.25) is 0 Å². The highest BCUT2D eigenvalue weighted by molar-refractivity contribution is 6.35. The summed E-state index contributed by atoms with van der Waals surface area (Å²) in [5.74, 6) is 0. The lowest BCUT2D eigenvalue weighted by atomic mass is 9.68. The lowest BCUT2D eigenvalue weighted by molar-refractivity contribution is 0.653. The molecule has 0 N–H and O–H groups in total. The van der Waals surface area contributed by atoms with E-state index in [1.807, 2.05) is 0 Å². The molecular formula is C13H28B. The second-order valence-electron chi connectivity index (χ2n) is 4.34. The largest absolute Gasteiger partial charge is 0.109 e. The van der Waals surface area contributed by atoms with E-state index in [4.69, 9.17) is 0 Å². The predicted octanol–water partition coefficient (Wildman–Crippen LogP) is 5.08. The maximum atomic E-state index is 2.50. The van der Waals surface area contributed by atoms with Crippen LogP contribution in [0.25, 0.3) is 0 Å². The second-order valence-corrected chi connectivity index (χ2v) is 4.34. The van der Waals surface area contributed by atoms with Gasteiger partial charge in [0, 0.05) is 0 Å². The quantitative estimate of drug-likeness (QED) is 0.318. The summed E-state index contributed by atoms with van der Waals surface area (Å²) in [6.45, 7) is 4.55. The van der Waals surface area contributed by atoms with E-state index in [1.165, 1.54) is 70.4 Å². The molecule has 14 heavy (non-hydrogen) atoms. The van der Waals surface area contributed by atoms with Crippen molar-refractivity contribution in [3.8, 4) is 0 Å². The maximum absolute atomic E-state index is 2.50. The summed E-state index contributed by atoms with van der Waals surface area (Å²) in [4.78, 5) is 0. The average molecular weight is 195 g/mol. The molecular weight excluding hydrogens is 167 g/mol. The van der Waals surface area contributed by atoms with Gasteiger partial charge in [0.1, 0.15) is 7.28 Å². The molecule has 0 fully saturated rings. The van der Waals surface area contributed by atoms with E-state index in [9.17, 15) is 0 Å². The Kier molecular flexibility index (Phi) is 13.1. The van der Waals surface area contributed by atoms with Crippen molar-refractivity contribution in [1.29, 1.82) is 0 Å². The molecule has 0 heterocycles. The maximum Gasteiger partial charge on any atom is 0.109 e. The summed E-state index contributed by atoms with van der Waals surface area (Å²) < 4.78 is 0. The van der Waals surface area contributed by atoms with E-state index in [2.05, 4.69) is 21.1 Å². The summed E-state index contributed by atoms with van der Waals surface area (Å²) in [6, 6.07) is 0. The Bertz CT molecular complexity index is 79.2. The smallest absolute Gasteiger partial charge is 0.0803 e. The zero-order valence-corrected chi connectivity index (χ0v) is 10.4. The minimum atomic E-state index is 1.35. The van der Waals surface area contributed by atoms with Crippen LogP contribution in [0.2, 0.25) is 12.6 Å². The van der Waals surface area contributed by atoms with Crippen LogP contribution in [0.1, 0.15) is 71.6 Å². The molecule has 83 valence electrons. The van der Waals surface area contributed by atoms with E-state index >= 15 is 0 Å². The van der Waals surface area contributed by atoms with Crippen molar-refractivity contribution >= 4 is 7.28 Å². The molecule has 0 aliphatic rings. The van der Waals surface area contributed by atoms with Gasteiger partial charge in [0.25, 0.3) is 0 Å². The first-order valence-electron chi connectivity index (χ1n) is 6.73. The van der Waals surface area contributed by atoms with Crippen LogP contribution in [0, 0.1) is 0 Å². The Labute approximate surface area is 92.1 Å². The van der Waals surface area contributed by atoms with Gasteiger partial charge in [-0.2, -0.15) is 0 Å². The highest BCUT2D eigenvalue weighted by Gasteiger charge is 1.93. The van der Waals surface area contributed by atoms with Gasteiger partial charge in [-0.25, -0.2) is 0 Å². The first-order chi connectivity index (χ1) is 6.91. The van der Waals surface area contributed by atoms with Crippen molar-refractivity contribution < 1.29 is 0 Å². The van der Waals surface area contributed by atoms with Crippen LogP contribution in [0.5, 0.6) is 0 Å². The Hall–Kier alpha value is 0.0649. The molecule has 0 unspecified atom stereocenters. The Balaban J connectivity index is 2.78. The normalized spacial score (nSPS) is 10.4. The molecule has 1 heteroatoms. The molecule has 0 amide bonds. The van der Waals surface area contributed by atoms with E-state index < -0.39 is 0 Å². The fourth-order valence-electron chi connectivity index (χ4n) is 1.75. The molecule has 0 atom stereocenters. The minimum absolute atomic E-state index is 1.35. The van der Waals surface area contributed by atoms with Gasteiger partial charge in [-0.1, -0.05) is 84.3 Å². The highest BCUT2D eigenvalue weighted by Crippen LogP contribution is 2.08. The number of hydrogen-bond donors (Lipinski definition) is 0. The van der Waals surface area contributed by atoms with Crippen molar-refractivity contribution in [1.82, 2.24) is 0 Å². The van der Waals surface area contributed by atoms with Gasteiger partial charge in [0.05, 0.1) is 0 Å². The Morgan fingerprint density at radius 2 is 1.00 bits per heavy atom. The summed E-state index contributed by atoms with van der Waals surface area (Å²) in [7, 11) is 2.50. The Morgan fingerprint density at radius 3 is 1.50 bits per heavy atom. The topological polar surface area (TPSA) is 0 Å². The van der Waals surface area contributed by atoms with Gasteiger partial charge < -0.3 is 0 Å². The first-order valence-corrected chi connectivity index (χ1v) is 6.73. The SMILES string of the molecule is CCCCCC[B]CCCCCCC. The first kappa shape index (κ1) is 14.1. The molecule has 0 aromatic heterocycles. The molecule has 1 radical (unpaired) electrons. The van der Waals surface area contributed by atoms with Gasteiger partial charge in [-0.05, 0) is 0 Å². The lowest BCUT2D eigenvalue weighted by Crippen LogP contribution is -1.89. The third kappa shape index (κ3) is 12.1. The van der Waals surface area contributed by atoms with E-state index in [1.54, 1.807) is 0 Å². The third-order valence-corrected chi connectivity index (χ3v) is 2.77. The Morgan fingerprint density at radius 1 is 0.571 bits per heavy atom. The average Bonchev–Trinajstić information content (AvgIpc) is 2.21. The molecule has 0 aromatic rings. The monoisotopic (exact) mass is 195 g/mol. The summed E-state index contributed by atoms with van der Waals surface area (Å²) >= 11 is 0. The van der Waals surface area contributed by atoms with Crippen molar-refractivity contribution in [2.45, 2.75) is 84.3 Å². The highest BCUT2D eigenvalue weighted by atomic mass is 13.9. The molecule has 0 nitrogen and oxygen atoms in total. The number of hydrogen-bond acceptors (Lipinski definition) is 0. The van der Waals surface area contributed by atoms with Crippen molar-refractivity contribution in [3.05, 3.63) is 0 Å². The molecule has 0 spiro atoms. The molecule has 0 aliphatic carbocycles. The molecule has 0 bridgehead atoms. The molecule has 0 saturated heterocycles. The number of unbranched alkanes of at least 4 members (excludes halogenated alkanes) is 7. The van der Waals surface area contributed by atoms with Crippen LogP contribution in [0.4, 0.5) is 0 Å². The fourth-order valence-corrected chi connectivity index (χ4v) is 1.75. The molecule has 0 saturated carbocycles. The van der Waals surface area contributed by atoms with Crippen LogP contribution in [0.3, 0.4) is 0 Å². The fraction of sp³-hybridized carbons (Fsp3) is 1.00. The van der Waals surface area contributed by atoms with E-state index in [0.29, 0.717) is 0 Å². The minimum Gasteiger partial charge on any atom is -0.0803 e. The van der Waals surface area contributed by atoms with Gasteiger partial charge in [-0.3, -0.25) is 0 Å². The van der Waals surface area contributed by atoms with Crippen LogP contribution >= 0.6 is 0 Å². The zero-order valence-electron chi connectivity index (χ0n) is 10.4. The molecule has 0 aliphatic heterocycles. The predicted molar refractivity (Wildman–Crippen MR) is 68.3 cm³/mol. The van der Waals surface area contributed by atoms with Gasteiger partial charge in [-0.15, -0.1) is 0 Å². The van der Waals surface area contributed by atoms with Crippen LogP contribution < -0.4 is 0 Å². The molecule has 0 rings (SSSR count). The number of rotatable bonds is 11. The zero-order chi connectivity index (χ0) is 10.5. The second kappa shape index (κ2) is 13.1. The van der Waals surface area contributed by atoms with Crippen molar-refractivity contribution in [2.75, 3.05) is 0 Å². The molecule has 0 aromatic carbocycles. The van der Waals surface area contributed by atoms with Crippen LogP contribution in [-0.2, 0) is 0 Å². The summed E-state index contributed by atoms with van der Waals surface area (Å²) in [5.41, 5.74) is 0. The summed E-state index contributed by atoms with van der Waals surface area (Å²) in [5, 5.41) is 0. The van der Waals surface area contributed by atoms with Crippen LogP contribution in [0.15, 0.2) is 0 Å². The van der Waals surface area contributed by atoms with E-state index in [0.717, 1.165) is 0 Å².